The van der Waals surface area contributed by atoms with Crippen LogP contribution in [0.15, 0.2) is 12.4 Å². The van der Waals surface area contributed by atoms with Gasteiger partial charge in [-0.3, -0.25) is 4.68 Å². The van der Waals surface area contributed by atoms with Crippen LogP contribution in [0, 0.1) is 12.3 Å². The quantitative estimate of drug-likeness (QED) is 0.493. The van der Waals surface area contributed by atoms with Crippen LogP contribution in [0.25, 0.3) is 0 Å². The number of hydrogen-bond acceptors (Lipinski definition) is 1. The monoisotopic (exact) mass is 136 g/mol. The van der Waals surface area contributed by atoms with Crippen LogP contribution in [0.1, 0.15) is 19.4 Å². The standard InChI is InChI=1S/C6H6N2.C2H6/c1-3-6-4-7-8(2)5-6;1-2/h1,4-5H,2H3;1-2H3. The van der Waals surface area contributed by atoms with Crippen LogP contribution in [0.4, 0.5) is 0 Å². The zero-order chi connectivity index (χ0) is 7.98. The lowest BCUT2D eigenvalue weighted by Crippen LogP contribution is -1.83. The van der Waals surface area contributed by atoms with E-state index in [0.29, 0.717) is 0 Å². The predicted octanol–water partition coefficient (Wildman–Crippen LogP) is 1.43. The number of aromatic nitrogens is 2. The second-order valence-electron chi connectivity index (χ2n) is 1.55. The normalized spacial score (nSPS) is 7.40. The summed E-state index contributed by atoms with van der Waals surface area (Å²) in [6.07, 6.45) is 8.50. The minimum atomic E-state index is 0.826. The highest BCUT2D eigenvalue weighted by atomic mass is 15.2. The fraction of sp³-hybridized carbons (Fsp3) is 0.375. The lowest BCUT2D eigenvalue weighted by atomic mass is 10.4. The Morgan fingerprint density at radius 3 is 2.40 bits per heavy atom. The van der Waals surface area contributed by atoms with Gasteiger partial charge < -0.3 is 0 Å². The molecule has 0 saturated heterocycles. The average Bonchev–Trinajstić information content (AvgIpc) is 2.40. The van der Waals surface area contributed by atoms with Gasteiger partial charge in [0, 0.05) is 13.2 Å². The molecule has 10 heavy (non-hydrogen) atoms. The molecule has 0 aromatic carbocycles. The van der Waals surface area contributed by atoms with Crippen LogP contribution in [0.3, 0.4) is 0 Å². The Morgan fingerprint density at radius 1 is 1.60 bits per heavy atom. The lowest BCUT2D eigenvalue weighted by molar-refractivity contribution is 0.767. The van der Waals surface area contributed by atoms with E-state index in [1.54, 1.807) is 17.1 Å². The van der Waals surface area contributed by atoms with Crippen molar-refractivity contribution in [2.45, 2.75) is 13.8 Å². The number of hydrogen-bond donors (Lipinski definition) is 0. The van der Waals surface area contributed by atoms with Gasteiger partial charge in [-0.2, -0.15) is 5.10 Å². The first-order chi connectivity index (χ1) is 4.83. The first-order valence-corrected chi connectivity index (χ1v) is 3.28. The zero-order valence-electron chi connectivity index (χ0n) is 6.63. The maximum Gasteiger partial charge on any atom is 0.0646 e. The van der Waals surface area contributed by atoms with E-state index in [-0.39, 0.29) is 0 Å². The molecule has 0 fully saturated rings. The fourth-order valence-electron chi connectivity index (χ4n) is 0.496. The molecular formula is C8H12N2. The van der Waals surface area contributed by atoms with Crippen LogP contribution in [0.5, 0.6) is 0 Å². The Balaban J connectivity index is 0.000000371. The van der Waals surface area contributed by atoms with E-state index in [2.05, 4.69) is 11.0 Å². The van der Waals surface area contributed by atoms with Crippen molar-refractivity contribution >= 4 is 0 Å². The van der Waals surface area contributed by atoms with Gasteiger partial charge in [-0.1, -0.05) is 19.8 Å². The molecule has 0 atom stereocenters. The summed E-state index contributed by atoms with van der Waals surface area (Å²) >= 11 is 0. The van der Waals surface area contributed by atoms with Crippen LogP contribution in [-0.4, -0.2) is 9.78 Å². The van der Waals surface area contributed by atoms with Gasteiger partial charge in [-0.05, 0) is 0 Å². The lowest BCUT2D eigenvalue weighted by Gasteiger charge is -1.78. The Hall–Kier alpha value is -1.23. The minimum absolute atomic E-state index is 0.826. The third-order valence-corrected chi connectivity index (χ3v) is 0.872. The highest BCUT2D eigenvalue weighted by molar-refractivity contribution is 5.25. The molecule has 2 nitrogen and oxygen atoms in total. The summed E-state index contributed by atoms with van der Waals surface area (Å²) in [7, 11) is 1.83. The van der Waals surface area contributed by atoms with Crippen LogP contribution < -0.4 is 0 Å². The van der Waals surface area contributed by atoms with Crippen LogP contribution in [0.2, 0.25) is 0 Å². The molecule has 1 rings (SSSR count). The summed E-state index contributed by atoms with van der Waals surface area (Å²) in [6, 6.07) is 0. The molecule has 0 bridgehead atoms. The minimum Gasteiger partial charge on any atom is -0.275 e. The highest BCUT2D eigenvalue weighted by Gasteiger charge is 1.85. The first kappa shape index (κ1) is 8.77. The van der Waals surface area contributed by atoms with Gasteiger partial charge in [0.05, 0.1) is 11.8 Å². The first-order valence-electron chi connectivity index (χ1n) is 3.28. The molecule has 54 valence electrons. The fourth-order valence-corrected chi connectivity index (χ4v) is 0.496. The Bertz CT molecular complexity index is 217. The third-order valence-electron chi connectivity index (χ3n) is 0.872. The van der Waals surface area contributed by atoms with Gasteiger partial charge in [-0.25, -0.2) is 0 Å². The van der Waals surface area contributed by atoms with Gasteiger partial charge in [-0.15, -0.1) is 6.42 Å². The Morgan fingerprint density at radius 2 is 2.20 bits per heavy atom. The maximum atomic E-state index is 5.06. The number of nitrogens with zero attached hydrogens (tertiary/aromatic N) is 2. The van der Waals surface area contributed by atoms with E-state index in [1.807, 2.05) is 20.9 Å². The van der Waals surface area contributed by atoms with E-state index in [1.165, 1.54) is 0 Å². The largest absolute Gasteiger partial charge is 0.275 e. The summed E-state index contributed by atoms with van der Waals surface area (Å²) in [5.74, 6) is 2.46. The molecule has 0 aliphatic rings. The molecule has 0 aliphatic carbocycles. The summed E-state index contributed by atoms with van der Waals surface area (Å²) in [5, 5.41) is 3.86. The zero-order valence-corrected chi connectivity index (χ0v) is 6.63. The van der Waals surface area contributed by atoms with Gasteiger partial charge >= 0.3 is 0 Å². The Labute approximate surface area is 61.9 Å². The second-order valence-corrected chi connectivity index (χ2v) is 1.55. The molecular weight excluding hydrogens is 124 g/mol. The summed E-state index contributed by atoms with van der Waals surface area (Å²) < 4.78 is 1.68. The maximum absolute atomic E-state index is 5.06. The van der Waals surface area contributed by atoms with Gasteiger partial charge in [0.25, 0.3) is 0 Å². The number of rotatable bonds is 0. The van der Waals surface area contributed by atoms with E-state index in [4.69, 9.17) is 6.42 Å². The topological polar surface area (TPSA) is 17.8 Å². The average molecular weight is 136 g/mol. The van der Waals surface area contributed by atoms with Crippen molar-refractivity contribution in [3.63, 3.8) is 0 Å². The third kappa shape index (κ3) is 2.36. The molecule has 0 radical (unpaired) electrons. The highest BCUT2D eigenvalue weighted by Crippen LogP contribution is 1.89. The van der Waals surface area contributed by atoms with Crippen molar-refractivity contribution in [3.05, 3.63) is 18.0 Å². The Kier molecular flexibility index (Phi) is 4.06. The molecule has 1 aromatic rings. The van der Waals surface area contributed by atoms with Crippen molar-refractivity contribution in [3.8, 4) is 12.3 Å². The molecule has 0 saturated carbocycles. The summed E-state index contributed by atoms with van der Waals surface area (Å²) in [5.41, 5.74) is 0.826. The van der Waals surface area contributed by atoms with Crippen molar-refractivity contribution in [2.75, 3.05) is 0 Å². The smallest absolute Gasteiger partial charge is 0.0646 e. The molecule has 0 amide bonds. The van der Waals surface area contributed by atoms with Gasteiger partial charge in [0.2, 0.25) is 0 Å². The molecule has 0 spiro atoms. The number of aryl methyl sites for hydroxylation is 1. The molecule has 0 aliphatic heterocycles. The van der Waals surface area contributed by atoms with E-state index in [9.17, 15) is 0 Å². The van der Waals surface area contributed by atoms with E-state index >= 15 is 0 Å². The summed E-state index contributed by atoms with van der Waals surface area (Å²) in [6.45, 7) is 4.00. The van der Waals surface area contributed by atoms with Crippen molar-refractivity contribution < 1.29 is 0 Å². The van der Waals surface area contributed by atoms with Crippen molar-refractivity contribution in [1.29, 1.82) is 0 Å². The molecule has 0 N–H and O–H groups in total. The molecule has 1 aromatic heterocycles. The van der Waals surface area contributed by atoms with E-state index < -0.39 is 0 Å². The van der Waals surface area contributed by atoms with Gasteiger partial charge in [0.1, 0.15) is 0 Å². The van der Waals surface area contributed by atoms with Crippen LogP contribution in [-0.2, 0) is 7.05 Å². The predicted molar refractivity (Wildman–Crippen MR) is 42.5 cm³/mol. The molecule has 2 heteroatoms. The molecule has 1 heterocycles. The van der Waals surface area contributed by atoms with Crippen LogP contribution >= 0.6 is 0 Å². The SMILES string of the molecule is C#Cc1cnn(C)c1.CC. The van der Waals surface area contributed by atoms with E-state index in [0.717, 1.165) is 5.56 Å². The van der Waals surface area contributed by atoms with Gasteiger partial charge in [0.15, 0.2) is 0 Å². The second kappa shape index (κ2) is 4.63. The molecule has 0 unspecified atom stereocenters. The van der Waals surface area contributed by atoms with Crippen molar-refractivity contribution in [1.82, 2.24) is 9.78 Å². The summed E-state index contributed by atoms with van der Waals surface area (Å²) in [4.78, 5) is 0. The number of terminal acetylenes is 1. The van der Waals surface area contributed by atoms with Crippen molar-refractivity contribution in [2.24, 2.45) is 7.05 Å².